The maximum atomic E-state index is 15.3. The first-order valence-electron chi connectivity index (χ1n) is 13.5. The van der Waals surface area contributed by atoms with Gasteiger partial charge in [-0.3, -0.25) is 9.69 Å². The molecule has 0 spiro atoms. The van der Waals surface area contributed by atoms with Crippen molar-refractivity contribution in [3.63, 3.8) is 0 Å². The SMILES string of the molecule is COc1cc(C(=O)N[C@@H]2CCN(C)C[C@@H]2OC)c(F)cc1Nc1ncc(Cl)c(Oc2cccc3c2C(O)N(C)[C@H]3C)n1. The Morgan fingerprint density at radius 1 is 1.21 bits per heavy atom. The molecule has 3 heterocycles. The van der Waals surface area contributed by atoms with Crippen LogP contribution in [0.3, 0.4) is 0 Å². The fraction of sp³-hybridized carbons (Fsp3) is 0.414. The minimum Gasteiger partial charge on any atom is -0.495 e. The van der Waals surface area contributed by atoms with E-state index < -0.39 is 18.0 Å². The van der Waals surface area contributed by atoms with Crippen LogP contribution in [0.5, 0.6) is 17.4 Å². The van der Waals surface area contributed by atoms with Crippen LogP contribution in [0.4, 0.5) is 16.0 Å². The highest BCUT2D eigenvalue weighted by molar-refractivity contribution is 6.31. The Morgan fingerprint density at radius 2 is 2.00 bits per heavy atom. The predicted molar refractivity (Wildman–Crippen MR) is 155 cm³/mol. The highest BCUT2D eigenvalue weighted by Gasteiger charge is 2.35. The number of fused-ring (bicyclic) bond motifs is 1. The van der Waals surface area contributed by atoms with Gasteiger partial charge in [0.1, 0.15) is 28.6 Å². The van der Waals surface area contributed by atoms with Gasteiger partial charge in [-0.05, 0) is 51.7 Å². The van der Waals surface area contributed by atoms with Crippen LogP contribution in [0.2, 0.25) is 5.02 Å². The van der Waals surface area contributed by atoms with Crippen molar-refractivity contribution in [2.24, 2.45) is 0 Å². The van der Waals surface area contributed by atoms with E-state index in [1.807, 2.05) is 38.1 Å². The Labute approximate surface area is 248 Å². The lowest BCUT2D eigenvalue weighted by Crippen LogP contribution is -2.53. The minimum absolute atomic E-state index is 0.00478. The summed E-state index contributed by atoms with van der Waals surface area (Å²) in [6.45, 7) is 3.44. The number of benzene rings is 2. The number of anilines is 2. The third-order valence-electron chi connectivity index (χ3n) is 7.89. The zero-order valence-corrected chi connectivity index (χ0v) is 24.8. The van der Waals surface area contributed by atoms with Gasteiger partial charge >= 0.3 is 0 Å². The highest BCUT2D eigenvalue weighted by Crippen LogP contribution is 2.45. The first kappa shape index (κ1) is 29.9. The quantitative estimate of drug-likeness (QED) is 0.346. The van der Waals surface area contributed by atoms with Crippen LogP contribution < -0.4 is 20.1 Å². The van der Waals surface area contributed by atoms with Crippen LogP contribution in [0.15, 0.2) is 36.5 Å². The summed E-state index contributed by atoms with van der Waals surface area (Å²) < 4.78 is 32.3. The molecule has 2 aliphatic heterocycles. The van der Waals surface area contributed by atoms with Crippen molar-refractivity contribution in [1.82, 2.24) is 25.1 Å². The normalized spacial score (nSPS) is 22.5. The summed E-state index contributed by atoms with van der Waals surface area (Å²) in [5.41, 5.74) is 1.60. The van der Waals surface area contributed by atoms with Crippen LogP contribution in [0.25, 0.3) is 0 Å². The van der Waals surface area contributed by atoms with Crippen LogP contribution >= 0.6 is 11.6 Å². The van der Waals surface area contributed by atoms with Gasteiger partial charge in [-0.15, -0.1) is 0 Å². The Bertz CT molecular complexity index is 1480. The summed E-state index contributed by atoms with van der Waals surface area (Å²) >= 11 is 6.35. The number of likely N-dealkylation sites (tertiary alicyclic amines) is 1. The number of hydrogen-bond donors (Lipinski definition) is 3. The number of hydrogen-bond acceptors (Lipinski definition) is 10. The summed E-state index contributed by atoms with van der Waals surface area (Å²) in [6.07, 6.45) is 0.963. The number of methoxy groups -OCH3 is 2. The highest BCUT2D eigenvalue weighted by atomic mass is 35.5. The number of ether oxygens (including phenoxy) is 3. The molecule has 1 fully saturated rings. The lowest BCUT2D eigenvalue weighted by atomic mass is 10.0. The van der Waals surface area contributed by atoms with Gasteiger partial charge in [0.15, 0.2) is 0 Å². The fourth-order valence-corrected chi connectivity index (χ4v) is 5.48. The van der Waals surface area contributed by atoms with Crippen LogP contribution in [-0.4, -0.2) is 84.3 Å². The van der Waals surface area contributed by atoms with Crippen LogP contribution in [-0.2, 0) is 4.74 Å². The number of halogens is 2. The number of aliphatic hydroxyl groups is 1. The van der Waals surface area contributed by atoms with E-state index >= 15 is 4.39 Å². The molecule has 224 valence electrons. The standard InChI is InChI=1S/C29H34ClFN6O5/c1-15-16-7-6-8-22(25(16)28(39)37(15)3)42-27-18(30)13-32-29(35-27)34-21-12-19(31)17(11-23(21)40-4)26(38)33-20-9-10-36(2)14-24(20)41-5/h6-8,11-13,15,20,24,28,39H,9-10,14H2,1-5H3,(H,33,38)(H,32,34,35)/t15-,20+,24-,28?/m0/s1. The Balaban J connectivity index is 1.36. The first-order chi connectivity index (χ1) is 20.1. The maximum Gasteiger partial charge on any atom is 0.254 e. The number of carbonyl (C=O) groups is 1. The Hall–Kier alpha value is -3.55. The summed E-state index contributed by atoms with van der Waals surface area (Å²) in [4.78, 5) is 25.5. The van der Waals surface area contributed by atoms with Crippen molar-refractivity contribution in [3.05, 3.63) is 64.1 Å². The summed E-state index contributed by atoms with van der Waals surface area (Å²) in [7, 11) is 6.81. The molecule has 1 amide bonds. The molecule has 1 saturated heterocycles. The van der Waals surface area contributed by atoms with Crippen molar-refractivity contribution in [2.45, 2.75) is 37.8 Å². The van der Waals surface area contributed by atoms with Gasteiger partial charge < -0.3 is 34.9 Å². The monoisotopic (exact) mass is 600 g/mol. The number of nitrogens with zero attached hydrogens (tertiary/aromatic N) is 4. The number of likely N-dealkylation sites (N-methyl/N-ethyl adjacent to an activating group) is 1. The van der Waals surface area contributed by atoms with E-state index in [1.165, 1.54) is 19.4 Å². The number of amides is 1. The van der Waals surface area contributed by atoms with Gasteiger partial charge in [0.2, 0.25) is 11.8 Å². The first-order valence-corrected chi connectivity index (χ1v) is 13.9. The molecular formula is C29H34ClFN6O5. The molecule has 5 rings (SSSR count). The Kier molecular flexibility index (Phi) is 8.81. The van der Waals surface area contributed by atoms with Crippen molar-refractivity contribution in [3.8, 4) is 17.4 Å². The molecular weight excluding hydrogens is 567 g/mol. The third kappa shape index (κ3) is 5.86. The Morgan fingerprint density at radius 3 is 2.74 bits per heavy atom. The molecule has 42 heavy (non-hydrogen) atoms. The number of aliphatic hydroxyl groups excluding tert-OH is 1. The molecule has 0 saturated carbocycles. The van der Waals surface area contributed by atoms with E-state index in [2.05, 4.69) is 25.5 Å². The number of piperidine rings is 1. The van der Waals surface area contributed by atoms with E-state index in [4.69, 9.17) is 25.8 Å². The fourth-order valence-electron chi connectivity index (χ4n) is 5.35. The maximum absolute atomic E-state index is 15.3. The van der Waals surface area contributed by atoms with Crippen molar-refractivity contribution >= 4 is 29.1 Å². The second-order valence-corrected chi connectivity index (χ2v) is 10.9. The van der Waals surface area contributed by atoms with Gasteiger partial charge in [0.05, 0.1) is 36.7 Å². The molecule has 1 aromatic heterocycles. The van der Waals surface area contributed by atoms with E-state index in [0.29, 0.717) is 24.3 Å². The lowest BCUT2D eigenvalue weighted by Gasteiger charge is -2.36. The van der Waals surface area contributed by atoms with E-state index in [1.54, 1.807) is 13.2 Å². The van der Waals surface area contributed by atoms with Gasteiger partial charge in [-0.1, -0.05) is 23.7 Å². The average molecular weight is 601 g/mol. The van der Waals surface area contributed by atoms with E-state index in [-0.39, 0.29) is 52.0 Å². The zero-order chi connectivity index (χ0) is 30.1. The van der Waals surface area contributed by atoms with E-state index in [0.717, 1.165) is 18.2 Å². The summed E-state index contributed by atoms with van der Waals surface area (Å²) in [6, 6.07) is 7.70. The second-order valence-electron chi connectivity index (χ2n) is 10.5. The average Bonchev–Trinajstić information content (AvgIpc) is 3.20. The summed E-state index contributed by atoms with van der Waals surface area (Å²) in [5, 5.41) is 16.7. The van der Waals surface area contributed by atoms with Crippen molar-refractivity contribution in [2.75, 3.05) is 46.7 Å². The smallest absolute Gasteiger partial charge is 0.254 e. The predicted octanol–water partition coefficient (Wildman–Crippen LogP) is 4.26. The van der Waals surface area contributed by atoms with Gasteiger partial charge in [-0.2, -0.15) is 4.98 Å². The molecule has 3 N–H and O–H groups in total. The lowest BCUT2D eigenvalue weighted by molar-refractivity contribution is 0.0141. The van der Waals surface area contributed by atoms with Gasteiger partial charge in [0, 0.05) is 31.3 Å². The largest absolute Gasteiger partial charge is 0.495 e. The van der Waals surface area contributed by atoms with Crippen LogP contribution in [0, 0.1) is 5.82 Å². The summed E-state index contributed by atoms with van der Waals surface area (Å²) in [5.74, 6) is -0.618. The topological polar surface area (TPSA) is 121 Å². The second kappa shape index (κ2) is 12.4. The van der Waals surface area contributed by atoms with E-state index in [9.17, 15) is 9.90 Å². The van der Waals surface area contributed by atoms with Gasteiger partial charge in [-0.25, -0.2) is 9.37 Å². The molecule has 2 aromatic carbocycles. The molecule has 0 radical (unpaired) electrons. The minimum atomic E-state index is -0.854. The molecule has 4 atom stereocenters. The van der Waals surface area contributed by atoms with Crippen molar-refractivity contribution in [1.29, 1.82) is 0 Å². The molecule has 0 bridgehead atoms. The molecule has 13 heteroatoms. The van der Waals surface area contributed by atoms with Crippen molar-refractivity contribution < 1.29 is 28.5 Å². The number of nitrogens with one attached hydrogen (secondary N) is 2. The number of aromatic nitrogens is 2. The van der Waals surface area contributed by atoms with Crippen LogP contribution in [0.1, 0.15) is 47.1 Å². The number of carbonyl (C=O) groups excluding carboxylic acids is 1. The molecule has 1 unspecified atom stereocenters. The zero-order valence-electron chi connectivity index (χ0n) is 24.0. The third-order valence-corrected chi connectivity index (χ3v) is 8.14. The molecule has 2 aliphatic rings. The molecule has 11 nitrogen and oxygen atoms in total. The molecule has 3 aromatic rings. The molecule has 0 aliphatic carbocycles. The van der Waals surface area contributed by atoms with Gasteiger partial charge in [0.25, 0.3) is 5.91 Å². The number of rotatable bonds is 8.